The van der Waals surface area contributed by atoms with E-state index in [1.54, 1.807) is 31.3 Å². The number of thiocarbonyl (C=S) groups is 1. The second-order valence-corrected chi connectivity index (χ2v) is 5.71. The van der Waals surface area contributed by atoms with E-state index in [0.717, 1.165) is 0 Å². The number of amides is 2. The molecule has 104 valence electrons. The summed E-state index contributed by atoms with van der Waals surface area (Å²) >= 11 is 6.30. The van der Waals surface area contributed by atoms with Crippen molar-refractivity contribution in [1.82, 2.24) is 4.90 Å². The maximum absolute atomic E-state index is 11.9. The third kappa shape index (κ3) is 3.17. The maximum Gasteiger partial charge on any atom is 0.265 e. The number of thioether (sulfide) groups is 1. The average molecular weight is 308 g/mol. The fraction of sp³-hybridized carbons (Fsp3) is 0.154. The first-order valence-corrected chi connectivity index (χ1v) is 6.93. The largest absolute Gasteiger partial charge is 0.483 e. The lowest BCUT2D eigenvalue weighted by Gasteiger charge is -2.07. The predicted molar refractivity (Wildman–Crippen MR) is 82.1 cm³/mol. The zero-order valence-corrected chi connectivity index (χ0v) is 12.3. The SMILES string of the molecule is CN1C(=O)C(=Cc2ccccc2OCC(N)=O)SC1=S. The van der Waals surface area contributed by atoms with Gasteiger partial charge in [-0.05, 0) is 12.1 Å². The second kappa shape index (κ2) is 6.06. The van der Waals surface area contributed by atoms with Crippen LogP contribution in [0.25, 0.3) is 6.08 Å². The number of hydrogen-bond donors (Lipinski definition) is 1. The summed E-state index contributed by atoms with van der Waals surface area (Å²) in [6.45, 7) is -0.209. The number of rotatable bonds is 4. The van der Waals surface area contributed by atoms with E-state index < -0.39 is 5.91 Å². The Morgan fingerprint density at radius 3 is 2.80 bits per heavy atom. The Morgan fingerprint density at radius 2 is 2.20 bits per heavy atom. The fourth-order valence-corrected chi connectivity index (χ4v) is 2.74. The predicted octanol–water partition coefficient (Wildman–Crippen LogP) is 1.38. The van der Waals surface area contributed by atoms with Crippen molar-refractivity contribution in [2.24, 2.45) is 5.73 Å². The first kappa shape index (κ1) is 14.5. The number of ether oxygens (including phenoxy) is 1. The van der Waals surface area contributed by atoms with Gasteiger partial charge in [-0.2, -0.15) is 0 Å². The van der Waals surface area contributed by atoms with Crippen molar-refractivity contribution >= 4 is 46.2 Å². The molecule has 1 aliphatic rings. The molecule has 0 aliphatic carbocycles. The standard InChI is InChI=1S/C13H12N2O3S2/c1-15-12(17)10(20-13(15)19)6-8-4-2-3-5-9(8)18-7-11(14)16/h2-6H,7H2,1H3,(H2,14,16). The Bertz CT molecular complexity index is 613. The molecule has 0 aromatic heterocycles. The van der Waals surface area contributed by atoms with Crippen molar-refractivity contribution in [3.05, 3.63) is 34.7 Å². The van der Waals surface area contributed by atoms with E-state index in [4.69, 9.17) is 22.7 Å². The molecule has 1 fully saturated rings. The molecule has 2 N–H and O–H groups in total. The van der Waals surface area contributed by atoms with E-state index in [-0.39, 0.29) is 12.5 Å². The minimum Gasteiger partial charge on any atom is -0.483 e. The number of carbonyl (C=O) groups is 2. The molecule has 1 aromatic rings. The number of hydrogen-bond acceptors (Lipinski definition) is 5. The van der Waals surface area contributed by atoms with E-state index in [1.165, 1.54) is 16.7 Å². The van der Waals surface area contributed by atoms with Crippen LogP contribution in [0.5, 0.6) is 5.75 Å². The summed E-state index contributed by atoms with van der Waals surface area (Å²) in [4.78, 5) is 24.6. The molecule has 5 nitrogen and oxygen atoms in total. The summed E-state index contributed by atoms with van der Waals surface area (Å²) in [6, 6.07) is 7.09. The first-order chi connectivity index (χ1) is 9.49. The van der Waals surface area contributed by atoms with Gasteiger partial charge < -0.3 is 10.5 Å². The zero-order chi connectivity index (χ0) is 14.7. The molecule has 0 bridgehead atoms. The summed E-state index contributed by atoms with van der Waals surface area (Å²) in [5.74, 6) is -0.211. The highest BCUT2D eigenvalue weighted by atomic mass is 32.2. The minimum absolute atomic E-state index is 0.148. The van der Waals surface area contributed by atoms with Gasteiger partial charge in [-0.3, -0.25) is 14.5 Å². The number of likely N-dealkylation sites (N-methyl/N-ethyl adjacent to an activating group) is 1. The van der Waals surface area contributed by atoms with Gasteiger partial charge in [0.05, 0.1) is 4.91 Å². The van der Waals surface area contributed by atoms with Crippen LogP contribution < -0.4 is 10.5 Å². The van der Waals surface area contributed by atoms with Crippen molar-refractivity contribution in [3.8, 4) is 5.75 Å². The molecule has 0 saturated carbocycles. The molecular formula is C13H12N2O3S2. The lowest BCUT2D eigenvalue weighted by molar-refractivity contribution is -0.121. The highest BCUT2D eigenvalue weighted by molar-refractivity contribution is 8.26. The molecule has 1 heterocycles. The summed E-state index contributed by atoms with van der Waals surface area (Å²) in [5.41, 5.74) is 5.75. The van der Waals surface area contributed by atoms with Crippen LogP contribution in [0.2, 0.25) is 0 Å². The van der Waals surface area contributed by atoms with Crippen molar-refractivity contribution < 1.29 is 14.3 Å². The highest BCUT2D eigenvalue weighted by Crippen LogP contribution is 2.33. The fourth-order valence-electron chi connectivity index (χ4n) is 1.57. The number of primary amides is 1. The molecule has 20 heavy (non-hydrogen) atoms. The van der Waals surface area contributed by atoms with Gasteiger partial charge in [0.1, 0.15) is 10.1 Å². The second-order valence-electron chi connectivity index (χ2n) is 4.03. The Morgan fingerprint density at radius 1 is 1.50 bits per heavy atom. The number of carbonyl (C=O) groups excluding carboxylic acids is 2. The lowest BCUT2D eigenvalue weighted by Crippen LogP contribution is -2.22. The van der Waals surface area contributed by atoms with Gasteiger partial charge in [0.2, 0.25) is 0 Å². The van der Waals surface area contributed by atoms with Crippen molar-refractivity contribution in [2.75, 3.05) is 13.7 Å². The zero-order valence-electron chi connectivity index (χ0n) is 10.7. The van der Waals surface area contributed by atoms with Gasteiger partial charge in [-0.1, -0.05) is 42.2 Å². The van der Waals surface area contributed by atoms with E-state index in [0.29, 0.717) is 20.5 Å². The Balaban J connectivity index is 2.27. The summed E-state index contributed by atoms with van der Waals surface area (Å²) in [7, 11) is 1.63. The summed E-state index contributed by atoms with van der Waals surface area (Å²) < 4.78 is 5.82. The summed E-state index contributed by atoms with van der Waals surface area (Å²) in [6.07, 6.45) is 1.69. The van der Waals surface area contributed by atoms with Gasteiger partial charge in [-0.25, -0.2) is 0 Å². The Hall–Kier alpha value is -1.86. The van der Waals surface area contributed by atoms with Crippen LogP contribution in [0, 0.1) is 0 Å². The Kier molecular flexibility index (Phi) is 4.41. The van der Waals surface area contributed by atoms with Crippen LogP contribution in [-0.4, -0.2) is 34.7 Å². The molecule has 0 spiro atoms. The van der Waals surface area contributed by atoms with Gasteiger partial charge in [0.25, 0.3) is 11.8 Å². The van der Waals surface area contributed by atoms with Crippen molar-refractivity contribution in [2.45, 2.75) is 0 Å². The number of nitrogens with two attached hydrogens (primary N) is 1. The van der Waals surface area contributed by atoms with Gasteiger partial charge in [-0.15, -0.1) is 0 Å². The van der Waals surface area contributed by atoms with E-state index in [9.17, 15) is 9.59 Å². The molecule has 7 heteroatoms. The first-order valence-electron chi connectivity index (χ1n) is 5.70. The number of para-hydroxylation sites is 1. The maximum atomic E-state index is 11.9. The molecule has 0 radical (unpaired) electrons. The average Bonchev–Trinajstić information content (AvgIpc) is 2.65. The topological polar surface area (TPSA) is 72.6 Å². The highest BCUT2D eigenvalue weighted by Gasteiger charge is 2.28. The van der Waals surface area contributed by atoms with Crippen molar-refractivity contribution in [3.63, 3.8) is 0 Å². The molecule has 1 aromatic carbocycles. The van der Waals surface area contributed by atoms with Gasteiger partial charge in [0.15, 0.2) is 6.61 Å². The lowest BCUT2D eigenvalue weighted by atomic mass is 10.2. The number of nitrogens with zero attached hydrogens (tertiary/aromatic N) is 1. The molecular weight excluding hydrogens is 296 g/mol. The van der Waals surface area contributed by atoms with Crippen LogP contribution in [0.1, 0.15) is 5.56 Å². The van der Waals surface area contributed by atoms with Gasteiger partial charge >= 0.3 is 0 Å². The van der Waals surface area contributed by atoms with Crippen LogP contribution in [-0.2, 0) is 9.59 Å². The van der Waals surface area contributed by atoms with Crippen molar-refractivity contribution in [1.29, 1.82) is 0 Å². The van der Waals surface area contributed by atoms with Crippen LogP contribution in [0.15, 0.2) is 29.2 Å². The third-order valence-corrected chi connectivity index (χ3v) is 4.05. The molecule has 2 amide bonds. The van der Waals surface area contributed by atoms with Gasteiger partial charge in [0, 0.05) is 12.6 Å². The normalized spacial score (nSPS) is 16.9. The molecule has 2 rings (SSSR count). The number of benzene rings is 1. The van der Waals surface area contributed by atoms with E-state index >= 15 is 0 Å². The monoisotopic (exact) mass is 308 g/mol. The van der Waals surface area contributed by atoms with Crippen LogP contribution in [0.4, 0.5) is 0 Å². The molecule has 0 atom stereocenters. The smallest absolute Gasteiger partial charge is 0.265 e. The van der Waals surface area contributed by atoms with Crippen LogP contribution in [0.3, 0.4) is 0 Å². The van der Waals surface area contributed by atoms with E-state index in [1.807, 2.05) is 6.07 Å². The third-order valence-electron chi connectivity index (χ3n) is 2.56. The van der Waals surface area contributed by atoms with E-state index in [2.05, 4.69) is 0 Å². The molecule has 1 saturated heterocycles. The summed E-state index contributed by atoms with van der Waals surface area (Å²) in [5, 5.41) is 0. The molecule has 1 aliphatic heterocycles. The van der Waals surface area contributed by atoms with Crippen LogP contribution >= 0.6 is 24.0 Å². The minimum atomic E-state index is -0.556. The Labute approximate surface area is 125 Å². The quantitative estimate of drug-likeness (QED) is 0.672. The molecule has 0 unspecified atom stereocenters.